The Balaban J connectivity index is 1.36. The number of nitrogens with one attached hydrogen (secondary N) is 2. The first-order chi connectivity index (χ1) is 14.6. The summed E-state index contributed by atoms with van der Waals surface area (Å²) >= 11 is 0. The van der Waals surface area contributed by atoms with Gasteiger partial charge in [0.2, 0.25) is 0 Å². The van der Waals surface area contributed by atoms with Gasteiger partial charge in [-0.3, -0.25) is 0 Å². The maximum absolute atomic E-state index is 13.7. The van der Waals surface area contributed by atoms with Crippen molar-refractivity contribution >= 4 is 16.9 Å². The molecule has 4 aromatic rings. The van der Waals surface area contributed by atoms with Crippen molar-refractivity contribution < 1.29 is 9.18 Å². The maximum atomic E-state index is 13.7. The number of urea groups is 1. The van der Waals surface area contributed by atoms with Gasteiger partial charge in [0.25, 0.3) is 0 Å². The van der Waals surface area contributed by atoms with Crippen molar-refractivity contribution in [1.29, 1.82) is 0 Å². The molecule has 2 heterocycles. The van der Waals surface area contributed by atoms with E-state index in [4.69, 9.17) is 0 Å². The highest BCUT2D eigenvalue weighted by Gasteiger charge is 2.21. The molecule has 0 saturated heterocycles. The molecule has 0 saturated carbocycles. The Morgan fingerprint density at radius 2 is 2.00 bits per heavy atom. The van der Waals surface area contributed by atoms with Crippen LogP contribution < -0.4 is 10.6 Å². The van der Waals surface area contributed by atoms with Gasteiger partial charge in [-0.1, -0.05) is 30.3 Å². The summed E-state index contributed by atoms with van der Waals surface area (Å²) in [5.74, 6) is 0.280. The molecule has 30 heavy (non-hydrogen) atoms. The van der Waals surface area contributed by atoms with Crippen molar-refractivity contribution in [3.63, 3.8) is 0 Å². The zero-order valence-corrected chi connectivity index (χ0v) is 16.8. The highest BCUT2D eigenvalue weighted by Crippen LogP contribution is 2.21. The van der Waals surface area contributed by atoms with Crippen LogP contribution >= 0.6 is 0 Å². The van der Waals surface area contributed by atoms with E-state index in [0.717, 1.165) is 13.0 Å². The number of hydrogen-bond acceptors (Lipinski definition) is 2. The van der Waals surface area contributed by atoms with Crippen LogP contribution in [0.1, 0.15) is 23.9 Å². The van der Waals surface area contributed by atoms with Gasteiger partial charge in [-0.2, -0.15) is 0 Å². The van der Waals surface area contributed by atoms with Gasteiger partial charge in [-0.05, 0) is 41.6 Å². The smallest absolute Gasteiger partial charge is 0.315 e. The molecule has 2 aromatic heterocycles. The van der Waals surface area contributed by atoms with Gasteiger partial charge in [0.05, 0.1) is 0 Å². The van der Waals surface area contributed by atoms with E-state index in [1.165, 1.54) is 23.0 Å². The molecule has 0 spiro atoms. The zero-order chi connectivity index (χ0) is 20.9. The van der Waals surface area contributed by atoms with Crippen molar-refractivity contribution in [3.05, 3.63) is 90.4 Å². The Morgan fingerprint density at radius 1 is 1.13 bits per heavy atom. The molecule has 0 fully saturated rings. The second-order valence-electron chi connectivity index (χ2n) is 7.21. The lowest BCUT2D eigenvalue weighted by atomic mass is 10.1. The van der Waals surface area contributed by atoms with Gasteiger partial charge >= 0.3 is 6.03 Å². The summed E-state index contributed by atoms with van der Waals surface area (Å²) in [4.78, 5) is 16.9. The number of imidazole rings is 1. The number of carbonyl (C=O) groups is 1. The Labute approximate surface area is 174 Å². The molecule has 7 heteroatoms. The number of aromatic nitrogens is 3. The number of fused-ring (bicyclic) bond motifs is 1. The minimum atomic E-state index is -0.547. The minimum Gasteiger partial charge on any atom is -0.347 e. The maximum Gasteiger partial charge on any atom is 0.315 e. The van der Waals surface area contributed by atoms with Crippen LogP contribution in [0.2, 0.25) is 0 Å². The molecule has 2 amide bonds. The van der Waals surface area contributed by atoms with Gasteiger partial charge in [-0.15, -0.1) is 0 Å². The van der Waals surface area contributed by atoms with E-state index in [2.05, 4.69) is 44.6 Å². The first kappa shape index (κ1) is 19.7. The van der Waals surface area contributed by atoms with E-state index < -0.39 is 6.04 Å². The van der Waals surface area contributed by atoms with E-state index in [0.29, 0.717) is 17.9 Å². The molecule has 0 aliphatic rings. The van der Waals surface area contributed by atoms with Crippen molar-refractivity contribution in [2.75, 3.05) is 6.54 Å². The topological polar surface area (TPSA) is 63.9 Å². The largest absolute Gasteiger partial charge is 0.347 e. The molecular weight excluding hydrogens is 381 g/mol. The lowest BCUT2D eigenvalue weighted by Crippen LogP contribution is -2.39. The number of amides is 2. The highest BCUT2D eigenvalue weighted by molar-refractivity contribution is 5.79. The van der Waals surface area contributed by atoms with Crippen LogP contribution in [0.3, 0.4) is 0 Å². The van der Waals surface area contributed by atoms with Gasteiger partial charge in [0.1, 0.15) is 17.7 Å². The predicted octanol–water partition coefficient (Wildman–Crippen LogP) is 3.99. The molecule has 0 aliphatic carbocycles. The van der Waals surface area contributed by atoms with Crippen molar-refractivity contribution in [2.24, 2.45) is 7.05 Å². The van der Waals surface area contributed by atoms with Gasteiger partial charge < -0.3 is 19.8 Å². The van der Waals surface area contributed by atoms with Crippen LogP contribution in [0, 0.1) is 5.82 Å². The Bertz CT molecular complexity index is 1150. The number of para-hydroxylation sites is 1. The Kier molecular flexibility index (Phi) is 5.79. The lowest BCUT2D eigenvalue weighted by molar-refractivity contribution is 0.238. The minimum absolute atomic E-state index is 0.315. The predicted molar refractivity (Wildman–Crippen MR) is 115 cm³/mol. The Morgan fingerprint density at radius 3 is 2.80 bits per heavy atom. The van der Waals surface area contributed by atoms with E-state index in [1.807, 2.05) is 23.7 Å². The van der Waals surface area contributed by atoms with Crippen LogP contribution in [0.4, 0.5) is 9.18 Å². The summed E-state index contributed by atoms with van der Waals surface area (Å²) in [6, 6.07) is 15.6. The van der Waals surface area contributed by atoms with E-state index >= 15 is 0 Å². The summed E-state index contributed by atoms with van der Waals surface area (Å²) in [7, 11) is 1.84. The van der Waals surface area contributed by atoms with Crippen LogP contribution in [0.5, 0.6) is 0 Å². The number of aryl methyl sites for hydroxylation is 2. The summed E-state index contributed by atoms with van der Waals surface area (Å²) < 4.78 is 17.7. The average molecular weight is 405 g/mol. The van der Waals surface area contributed by atoms with Crippen molar-refractivity contribution in [1.82, 2.24) is 24.8 Å². The molecule has 1 atom stereocenters. The summed E-state index contributed by atoms with van der Waals surface area (Å²) in [6.07, 6.45) is 6.30. The fraction of sp³-hybridized carbons (Fsp3) is 0.217. The standard InChI is InChI=1S/C23H24FN5O/c1-28-15-12-25-22(28)21(18-7-4-8-19(24)16-18)27-23(30)26-11-5-13-29-14-10-17-6-2-3-9-20(17)29/h2-4,6-10,12,14-16,21H,5,11,13H2,1H3,(H2,26,27,30). The summed E-state index contributed by atoms with van der Waals surface area (Å²) in [6.45, 7) is 1.33. The number of benzene rings is 2. The fourth-order valence-corrected chi connectivity index (χ4v) is 3.61. The van der Waals surface area contributed by atoms with Crippen molar-refractivity contribution in [2.45, 2.75) is 19.0 Å². The molecule has 2 aromatic carbocycles. The van der Waals surface area contributed by atoms with E-state index in [1.54, 1.807) is 24.5 Å². The number of nitrogens with zero attached hydrogens (tertiary/aromatic N) is 3. The molecule has 0 aliphatic heterocycles. The third-order valence-electron chi connectivity index (χ3n) is 5.12. The monoisotopic (exact) mass is 405 g/mol. The molecule has 0 bridgehead atoms. The lowest BCUT2D eigenvalue weighted by Gasteiger charge is -2.19. The fourth-order valence-electron chi connectivity index (χ4n) is 3.61. The van der Waals surface area contributed by atoms with Gasteiger partial charge in [0, 0.05) is 44.2 Å². The first-order valence-electron chi connectivity index (χ1n) is 9.93. The van der Waals surface area contributed by atoms with Crippen molar-refractivity contribution in [3.8, 4) is 0 Å². The molecule has 0 radical (unpaired) electrons. The SMILES string of the molecule is Cn1ccnc1C(NC(=O)NCCCn1ccc2ccccc21)c1cccc(F)c1. The van der Waals surface area contributed by atoms with Gasteiger partial charge in [-0.25, -0.2) is 14.2 Å². The first-order valence-corrected chi connectivity index (χ1v) is 9.93. The molecule has 4 rings (SSSR count). The third-order valence-corrected chi connectivity index (χ3v) is 5.12. The molecule has 2 N–H and O–H groups in total. The second kappa shape index (κ2) is 8.82. The molecule has 1 unspecified atom stereocenters. The van der Waals surface area contributed by atoms with Gasteiger partial charge in [0.15, 0.2) is 0 Å². The summed E-state index contributed by atoms with van der Waals surface area (Å²) in [5.41, 5.74) is 1.82. The molecule has 6 nitrogen and oxygen atoms in total. The third kappa shape index (κ3) is 4.35. The molecular formula is C23H24FN5O. The Hall–Kier alpha value is -3.61. The summed E-state index contributed by atoms with van der Waals surface area (Å²) in [5, 5.41) is 7.02. The normalized spacial score (nSPS) is 12.1. The quantitative estimate of drug-likeness (QED) is 0.457. The van der Waals surface area contributed by atoms with Crippen LogP contribution in [-0.2, 0) is 13.6 Å². The zero-order valence-electron chi connectivity index (χ0n) is 16.8. The van der Waals surface area contributed by atoms with Crippen LogP contribution in [0.15, 0.2) is 73.2 Å². The number of hydrogen-bond donors (Lipinski definition) is 2. The van der Waals surface area contributed by atoms with Crippen LogP contribution in [0.25, 0.3) is 10.9 Å². The van der Waals surface area contributed by atoms with Crippen LogP contribution in [-0.4, -0.2) is 26.7 Å². The molecule has 154 valence electrons. The number of halogens is 1. The second-order valence-corrected chi connectivity index (χ2v) is 7.21. The average Bonchev–Trinajstić information content (AvgIpc) is 3.35. The number of rotatable bonds is 7. The van der Waals surface area contributed by atoms with E-state index in [-0.39, 0.29) is 11.8 Å². The van der Waals surface area contributed by atoms with E-state index in [9.17, 15) is 9.18 Å². The highest BCUT2D eigenvalue weighted by atomic mass is 19.1. The number of carbonyl (C=O) groups excluding carboxylic acids is 1.